The van der Waals surface area contributed by atoms with Crippen molar-refractivity contribution in [1.82, 2.24) is 20.2 Å². The molecule has 0 aromatic carbocycles. The third-order valence-corrected chi connectivity index (χ3v) is 9.63. The third kappa shape index (κ3) is 32.2. The van der Waals surface area contributed by atoms with Gasteiger partial charge >= 0.3 is 5.97 Å². The molecule has 1 aromatic rings. The molecule has 0 aliphatic carbocycles. The highest BCUT2D eigenvalue weighted by molar-refractivity contribution is 5.83. The Kier molecular flexibility index (Phi) is 33.9. The molecule has 1 amide bonds. The second-order valence-corrected chi connectivity index (χ2v) is 14.7. The first-order chi connectivity index (χ1) is 26.1. The fourth-order valence-electron chi connectivity index (χ4n) is 6.41. The molecule has 0 spiro atoms. The number of hydrogen-bond acceptors (Lipinski definition) is 5. The van der Waals surface area contributed by atoms with E-state index >= 15 is 0 Å². The third-order valence-electron chi connectivity index (χ3n) is 9.63. The second-order valence-electron chi connectivity index (χ2n) is 14.7. The SMILES string of the molecule is CCCCC/C=C\C/C=C\CCCCCCCCN(CCCCCCCC/C=C\C/C=C\CCCCC)CCOC(=O)C(Cc1c[nH]cn1)NC(C)=O. The van der Waals surface area contributed by atoms with Gasteiger partial charge in [0.1, 0.15) is 12.6 Å². The highest BCUT2D eigenvalue weighted by Gasteiger charge is 2.22. The predicted molar refractivity (Wildman–Crippen MR) is 226 cm³/mol. The summed E-state index contributed by atoms with van der Waals surface area (Å²) in [6.45, 7) is 9.06. The first kappa shape index (κ1) is 48.1. The van der Waals surface area contributed by atoms with Crippen molar-refractivity contribution < 1.29 is 14.3 Å². The van der Waals surface area contributed by atoms with Gasteiger partial charge in [0, 0.05) is 26.1 Å². The Morgan fingerprint density at radius 3 is 1.55 bits per heavy atom. The summed E-state index contributed by atoms with van der Waals surface area (Å²) in [5, 5.41) is 2.73. The summed E-state index contributed by atoms with van der Waals surface area (Å²) in [7, 11) is 0. The lowest BCUT2D eigenvalue weighted by Gasteiger charge is -2.23. The van der Waals surface area contributed by atoms with E-state index in [2.05, 4.69) is 82.6 Å². The topological polar surface area (TPSA) is 87.3 Å². The summed E-state index contributed by atoms with van der Waals surface area (Å²) in [6.07, 6.45) is 52.2. The maximum Gasteiger partial charge on any atom is 0.329 e. The molecule has 0 aliphatic heterocycles. The Labute approximate surface area is 326 Å². The van der Waals surface area contributed by atoms with Crippen LogP contribution in [0.25, 0.3) is 0 Å². The minimum absolute atomic E-state index is 0.251. The van der Waals surface area contributed by atoms with Gasteiger partial charge in [0.2, 0.25) is 5.91 Å². The van der Waals surface area contributed by atoms with E-state index in [0.717, 1.165) is 38.2 Å². The summed E-state index contributed by atoms with van der Waals surface area (Å²) < 4.78 is 5.70. The van der Waals surface area contributed by atoms with Gasteiger partial charge in [-0.2, -0.15) is 0 Å². The highest BCUT2D eigenvalue weighted by atomic mass is 16.5. The number of imidazole rings is 1. The number of rotatable bonds is 37. The van der Waals surface area contributed by atoms with E-state index in [1.807, 2.05) is 0 Å². The van der Waals surface area contributed by atoms with E-state index in [4.69, 9.17) is 4.74 Å². The number of carbonyl (C=O) groups is 2. The van der Waals surface area contributed by atoms with E-state index in [1.165, 1.54) is 148 Å². The molecule has 7 nitrogen and oxygen atoms in total. The molecule has 0 bridgehead atoms. The Morgan fingerprint density at radius 1 is 0.660 bits per heavy atom. The van der Waals surface area contributed by atoms with Crippen molar-refractivity contribution >= 4 is 11.9 Å². The lowest BCUT2D eigenvalue weighted by molar-refractivity contribution is -0.148. The van der Waals surface area contributed by atoms with Crippen molar-refractivity contribution in [3.05, 3.63) is 66.8 Å². The van der Waals surface area contributed by atoms with Crippen LogP contribution < -0.4 is 5.32 Å². The van der Waals surface area contributed by atoms with Crippen LogP contribution in [0, 0.1) is 0 Å². The summed E-state index contributed by atoms with van der Waals surface area (Å²) >= 11 is 0. The molecule has 2 N–H and O–H groups in total. The quantitative estimate of drug-likeness (QED) is 0.0403. The van der Waals surface area contributed by atoms with Gasteiger partial charge in [-0.15, -0.1) is 0 Å². The molecule has 0 saturated carbocycles. The van der Waals surface area contributed by atoms with Crippen molar-refractivity contribution in [3.63, 3.8) is 0 Å². The zero-order chi connectivity index (χ0) is 38.3. The summed E-state index contributed by atoms with van der Waals surface area (Å²) in [6, 6.07) is -0.732. The average molecular weight is 737 g/mol. The van der Waals surface area contributed by atoms with Crippen LogP contribution in [0.5, 0.6) is 0 Å². The molecule has 7 heteroatoms. The number of aromatic nitrogens is 2. The van der Waals surface area contributed by atoms with Gasteiger partial charge in [0.15, 0.2) is 0 Å². The molecule has 1 heterocycles. The number of hydrogen-bond donors (Lipinski definition) is 2. The van der Waals surface area contributed by atoms with Gasteiger partial charge in [-0.25, -0.2) is 9.78 Å². The van der Waals surface area contributed by atoms with Crippen molar-refractivity contribution in [2.75, 3.05) is 26.2 Å². The molecule has 0 fully saturated rings. The van der Waals surface area contributed by atoms with Gasteiger partial charge < -0.3 is 15.0 Å². The number of allylic oxidation sites excluding steroid dienone is 8. The molecule has 1 unspecified atom stereocenters. The molecule has 0 radical (unpaired) electrons. The Hall–Kier alpha value is -2.93. The van der Waals surface area contributed by atoms with E-state index in [0.29, 0.717) is 13.0 Å². The lowest BCUT2D eigenvalue weighted by atomic mass is 10.1. The highest BCUT2D eigenvalue weighted by Crippen LogP contribution is 2.12. The maximum absolute atomic E-state index is 12.9. The predicted octanol–water partition coefficient (Wildman–Crippen LogP) is 11.9. The fraction of sp³-hybridized carbons (Fsp3) is 0.717. The fourth-order valence-corrected chi connectivity index (χ4v) is 6.41. The van der Waals surface area contributed by atoms with Crippen molar-refractivity contribution in [1.29, 1.82) is 0 Å². The number of aromatic amines is 1. The number of unbranched alkanes of at least 4 members (excludes halogenated alkanes) is 18. The van der Waals surface area contributed by atoms with Gasteiger partial charge in [-0.05, 0) is 90.1 Å². The Morgan fingerprint density at radius 2 is 1.11 bits per heavy atom. The molecular formula is C46H80N4O3. The second kappa shape index (κ2) is 37.4. The van der Waals surface area contributed by atoms with E-state index < -0.39 is 12.0 Å². The standard InChI is InChI=1S/C46H80N4O3/c1-4-6-8-10-12-14-16-18-20-22-24-26-28-30-32-34-36-50(38-39-53-46(52)45(49-43(3)51)40-44-41-47-42-48-44)37-35-33-31-29-27-25-23-21-19-17-15-13-11-9-7-5-2/h12-15,18-21,41-42,45H,4-11,16-17,22-40H2,1-3H3,(H,47,48)(H,49,51)/b14-12-,15-13-,20-18-,21-19-. The van der Waals surface area contributed by atoms with E-state index in [-0.39, 0.29) is 5.91 Å². The van der Waals surface area contributed by atoms with Crippen molar-refractivity contribution in [2.45, 2.75) is 187 Å². The number of H-pyrrole nitrogens is 1. The number of nitrogens with zero attached hydrogens (tertiary/aromatic N) is 2. The number of nitrogens with one attached hydrogen (secondary N) is 2. The van der Waals surface area contributed by atoms with Gasteiger partial charge in [0.25, 0.3) is 0 Å². The van der Waals surface area contributed by atoms with Gasteiger partial charge in [-0.1, -0.05) is 140 Å². The van der Waals surface area contributed by atoms with Crippen LogP contribution in [-0.2, 0) is 20.7 Å². The minimum Gasteiger partial charge on any atom is -0.463 e. The summed E-state index contributed by atoms with van der Waals surface area (Å²) in [5.41, 5.74) is 0.720. The number of esters is 1. The molecule has 1 atom stereocenters. The molecule has 302 valence electrons. The molecule has 0 aliphatic rings. The van der Waals surface area contributed by atoms with Crippen LogP contribution >= 0.6 is 0 Å². The maximum atomic E-state index is 12.9. The zero-order valence-electron chi connectivity index (χ0n) is 34.5. The van der Waals surface area contributed by atoms with Crippen molar-refractivity contribution in [2.24, 2.45) is 0 Å². The van der Waals surface area contributed by atoms with Crippen LogP contribution in [0.4, 0.5) is 0 Å². The number of carbonyl (C=O) groups excluding carboxylic acids is 2. The normalized spacial score (nSPS) is 12.7. The number of ether oxygens (including phenoxy) is 1. The van der Waals surface area contributed by atoms with Crippen LogP contribution in [0.1, 0.15) is 181 Å². The zero-order valence-corrected chi connectivity index (χ0v) is 34.5. The smallest absolute Gasteiger partial charge is 0.329 e. The minimum atomic E-state index is -0.732. The van der Waals surface area contributed by atoms with Gasteiger partial charge in [-0.3, -0.25) is 9.69 Å². The Balaban J connectivity index is 2.33. The van der Waals surface area contributed by atoms with Crippen molar-refractivity contribution in [3.8, 4) is 0 Å². The monoisotopic (exact) mass is 737 g/mol. The van der Waals surface area contributed by atoms with Crippen LogP contribution in [0.3, 0.4) is 0 Å². The van der Waals surface area contributed by atoms with Gasteiger partial charge in [0.05, 0.1) is 12.0 Å². The molecule has 1 aromatic heterocycles. The van der Waals surface area contributed by atoms with Crippen LogP contribution in [-0.4, -0.2) is 59.0 Å². The molecular weight excluding hydrogens is 657 g/mol. The molecule has 0 saturated heterocycles. The van der Waals surface area contributed by atoms with E-state index in [1.54, 1.807) is 12.5 Å². The van der Waals surface area contributed by atoms with E-state index in [9.17, 15) is 9.59 Å². The average Bonchev–Trinajstić information content (AvgIpc) is 3.67. The first-order valence-electron chi connectivity index (χ1n) is 21.8. The molecule has 53 heavy (non-hydrogen) atoms. The largest absolute Gasteiger partial charge is 0.463 e. The number of amides is 1. The van der Waals surface area contributed by atoms with Crippen LogP contribution in [0.15, 0.2) is 61.1 Å². The Bertz CT molecular complexity index is 1030. The first-order valence-corrected chi connectivity index (χ1v) is 21.8. The molecule has 1 rings (SSSR count). The summed E-state index contributed by atoms with van der Waals surface area (Å²) in [4.78, 5) is 34.3. The summed E-state index contributed by atoms with van der Waals surface area (Å²) in [5.74, 6) is -0.649. The van der Waals surface area contributed by atoms with Crippen LogP contribution in [0.2, 0.25) is 0 Å². The lowest BCUT2D eigenvalue weighted by Crippen LogP contribution is -2.43.